The summed E-state index contributed by atoms with van der Waals surface area (Å²) in [6.45, 7) is 8.41. The molecular weight excluding hydrogens is 162 g/mol. The van der Waals surface area contributed by atoms with E-state index in [1.807, 2.05) is 6.07 Å². The average Bonchev–Trinajstić information content (AvgIpc) is 2.09. The second-order valence-corrected chi connectivity index (χ2v) is 3.75. The standard InChI is InChI=1S/C11H17NO/c1-7(2)11-9(4)8(3)5-10(6-13)12-11/h5,7,13H,6H2,1-4H3. The van der Waals surface area contributed by atoms with E-state index in [4.69, 9.17) is 5.11 Å². The van der Waals surface area contributed by atoms with Crippen LogP contribution < -0.4 is 0 Å². The van der Waals surface area contributed by atoms with Crippen molar-refractivity contribution < 1.29 is 5.11 Å². The molecule has 72 valence electrons. The van der Waals surface area contributed by atoms with Crippen LogP contribution in [0.3, 0.4) is 0 Å². The van der Waals surface area contributed by atoms with Crippen LogP contribution in [0.2, 0.25) is 0 Å². The minimum Gasteiger partial charge on any atom is -0.390 e. The summed E-state index contributed by atoms with van der Waals surface area (Å²) in [5, 5.41) is 9.00. The first-order chi connectivity index (χ1) is 6.06. The molecule has 0 bridgehead atoms. The zero-order valence-electron chi connectivity index (χ0n) is 8.76. The maximum Gasteiger partial charge on any atom is 0.0853 e. The summed E-state index contributed by atoms with van der Waals surface area (Å²) in [5.41, 5.74) is 4.32. The minimum atomic E-state index is 0.0286. The fourth-order valence-electron chi connectivity index (χ4n) is 1.47. The van der Waals surface area contributed by atoms with Crippen molar-refractivity contribution in [2.24, 2.45) is 0 Å². The van der Waals surface area contributed by atoms with Gasteiger partial charge in [-0.25, -0.2) is 0 Å². The van der Waals surface area contributed by atoms with Crippen molar-refractivity contribution in [3.8, 4) is 0 Å². The Hall–Kier alpha value is -0.890. The molecule has 0 aliphatic carbocycles. The maximum atomic E-state index is 9.00. The van der Waals surface area contributed by atoms with Crippen LogP contribution in [0.25, 0.3) is 0 Å². The second kappa shape index (κ2) is 3.88. The fourth-order valence-corrected chi connectivity index (χ4v) is 1.47. The van der Waals surface area contributed by atoms with Gasteiger partial charge in [-0.2, -0.15) is 0 Å². The van der Waals surface area contributed by atoms with Gasteiger partial charge in [-0.3, -0.25) is 4.98 Å². The Bertz CT molecular complexity index is 305. The highest BCUT2D eigenvalue weighted by atomic mass is 16.3. The van der Waals surface area contributed by atoms with Gasteiger partial charge >= 0.3 is 0 Å². The van der Waals surface area contributed by atoms with Crippen molar-refractivity contribution >= 4 is 0 Å². The molecule has 1 rings (SSSR count). The monoisotopic (exact) mass is 179 g/mol. The lowest BCUT2D eigenvalue weighted by molar-refractivity contribution is 0.276. The Morgan fingerprint density at radius 3 is 2.46 bits per heavy atom. The lowest BCUT2D eigenvalue weighted by Crippen LogP contribution is -2.03. The van der Waals surface area contributed by atoms with E-state index in [2.05, 4.69) is 32.7 Å². The lowest BCUT2D eigenvalue weighted by Gasteiger charge is -2.12. The van der Waals surface area contributed by atoms with Gasteiger partial charge in [0.15, 0.2) is 0 Å². The molecule has 0 aliphatic heterocycles. The molecule has 0 saturated heterocycles. The molecule has 2 heteroatoms. The summed E-state index contributed by atoms with van der Waals surface area (Å²) in [4.78, 5) is 4.40. The number of nitrogens with zero attached hydrogens (tertiary/aromatic N) is 1. The summed E-state index contributed by atoms with van der Waals surface area (Å²) in [5.74, 6) is 0.421. The molecule has 0 radical (unpaired) electrons. The summed E-state index contributed by atoms with van der Waals surface area (Å²) >= 11 is 0. The van der Waals surface area contributed by atoms with Crippen LogP contribution in [0, 0.1) is 13.8 Å². The normalized spacial score (nSPS) is 10.9. The number of aromatic nitrogens is 1. The van der Waals surface area contributed by atoms with Crippen molar-refractivity contribution in [3.63, 3.8) is 0 Å². The van der Waals surface area contributed by atoms with Crippen molar-refractivity contribution in [1.82, 2.24) is 4.98 Å². The zero-order valence-corrected chi connectivity index (χ0v) is 8.76. The van der Waals surface area contributed by atoms with Crippen molar-refractivity contribution in [2.45, 2.75) is 40.2 Å². The first kappa shape index (κ1) is 10.2. The van der Waals surface area contributed by atoms with Gasteiger partial charge in [0.25, 0.3) is 0 Å². The van der Waals surface area contributed by atoms with E-state index in [-0.39, 0.29) is 6.61 Å². The Labute approximate surface area is 79.6 Å². The van der Waals surface area contributed by atoms with Crippen molar-refractivity contribution in [3.05, 3.63) is 28.6 Å². The largest absolute Gasteiger partial charge is 0.390 e. The quantitative estimate of drug-likeness (QED) is 0.755. The number of rotatable bonds is 2. The maximum absolute atomic E-state index is 9.00. The third-order valence-electron chi connectivity index (χ3n) is 2.33. The van der Waals surface area contributed by atoms with Crippen LogP contribution >= 0.6 is 0 Å². The Morgan fingerprint density at radius 1 is 1.38 bits per heavy atom. The molecule has 0 unspecified atom stereocenters. The van der Waals surface area contributed by atoms with Crippen LogP contribution in [0.15, 0.2) is 6.07 Å². The smallest absolute Gasteiger partial charge is 0.0853 e. The van der Waals surface area contributed by atoms with Gasteiger partial charge in [0.05, 0.1) is 12.3 Å². The Morgan fingerprint density at radius 2 is 2.00 bits per heavy atom. The number of aliphatic hydroxyl groups excluding tert-OH is 1. The van der Waals surface area contributed by atoms with Crippen LogP contribution in [-0.4, -0.2) is 10.1 Å². The predicted molar refractivity (Wildman–Crippen MR) is 53.7 cm³/mol. The summed E-state index contributed by atoms with van der Waals surface area (Å²) < 4.78 is 0. The lowest BCUT2D eigenvalue weighted by atomic mass is 10.0. The second-order valence-electron chi connectivity index (χ2n) is 3.75. The van der Waals surface area contributed by atoms with E-state index in [1.165, 1.54) is 11.1 Å². The molecular formula is C11H17NO. The summed E-state index contributed by atoms with van der Waals surface area (Å²) in [7, 11) is 0. The molecule has 0 atom stereocenters. The van der Waals surface area contributed by atoms with Crippen molar-refractivity contribution in [1.29, 1.82) is 0 Å². The minimum absolute atomic E-state index is 0.0286. The van der Waals surface area contributed by atoms with Crippen LogP contribution in [0.5, 0.6) is 0 Å². The van der Waals surface area contributed by atoms with Crippen LogP contribution in [-0.2, 0) is 6.61 Å². The number of hydrogen-bond acceptors (Lipinski definition) is 2. The van der Waals surface area contributed by atoms with E-state index in [0.717, 1.165) is 11.4 Å². The Balaban J connectivity index is 3.25. The molecule has 1 heterocycles. The molecule has 2 nitrogen and oxygen atoms in total. The van der Waals surface area contributed by atoms with Gasteiger partial charge in [0, 0.05) is 5.69 Å². The van der Waals surface area contributed by atoms with E-state index in [9.17, 15) is 0 Å². The molecule has 0 saturated carbocycles. The van der Waals surface area contributed by atoms with E-state index in [1.54, 1.807) is 0 Å². The molecule has 0 spiro atoms. The molecule has 13 heavy (non-hydrogen) atoms. The van der Waals surface area contributed by atoms with E-state index >= 15 is 0 Å². The van der Waals surface area contributed by atoms with Gasteiger partial charge in [0.1, 0.15) is 0 Å². The highest BCUT2D eigenvalue weighted by Crippen LogP contribution is 2.20. The highest BCUT2D eigenvalue weighted by Gasteiger charge is 2.08. The van der Waals surface area contributed by atoms with Gasteiger partial charge in [-0.05, 0) is 37.0 Å². The fraction of sp³-hybridized carbons (Fsp3) is 0.545. The van der Waals surface area contributed by atoms with Crippen LogP contribution in [0.4, 0.5) is 0 Å². The number of pyridine rings is 1. The highest BCUT2D eigenvalue weighted by molar-refractivity contribution is 5.32. The number of aliphatic hydroxyl groups is 1. The predicted octanol–water partition coefficient (Wildman–Crippen LogP) is 2.31. The molecule has 0 aromatic carbocycles. The molecule has 0 fully saturated rings. The first-order valence-corrected chi connectivity index (χ1v) is 4.64. The molecule has 0 amide bonds. The molecule has 1 N–H and O–H groups in total. The Kier molecular flexibility index (Phi) is 3.04. The molecule has 1 aromatic rings. The summed E-state index contributed by atoms with van der Waals surface area (Å²) in [6, 6.07) is 1.95. The van der Waals surface area contributed by atoms with E-state index < -0.39 is 0 Å². The third kappa shape index (κ3) is 2.07. The van der Waals surface area contributed by atoms with Crippen LogP contribution in [0.1, 0.15) is 42.3 Å². The first-order valence-electron chi connectivity index (χ1n) is 4.64. The van der Waals surface area contributed by atoms with Gasteiger partial charge in [0.2, 0.25) is 0 Å². The average molecular weight is 179 g/mol. The third-order valence-corrected chi connectivity index (χ3v) is 2.33. The molecule has 1 aromatic heterocycles. The number of hydrogen-bond donors (Lipinski definition) is 1. The van der Waals surface area contributed by atoms with E-state index in [0.29, 0.717) is 5.92 Å². The van der Waals surface area contributed by atoms with Crippen molar-refractivity contribution in [2.75, 3.05) is 0 Å². The van der Waals surface area contributed by atoms with Gasteiger partial charge in [-0.1, -0.05) is 13.8 Å². The van der Waals surface area contributed by atoms with Gasteiger partial charge in [-0.15, -0.1) is 0 Å². The SMILES string of the molecule is Cc1cc(CO)nc(C(C)C)c1C. The topological polar surface area (TPSA) is 33.1 Å². The van der Waals surface area contributed by atoms with Gasteiger partial charge < -0.3 is 5.11 Å². The summed E-state index contributed by atoms with van der Waals surface area (Å²) in [6.07, 6.45) is 0. The zero-order chi connectivity index (χ0) is 10.0. The number of aryl methyl sites for hydroxylation is 1. The molecule has 0 aliphatic rings.